The molecule has 4 rings (SSSR count). The van der Waals surface area contributed by atoms with E-state index in [2.05, 4.69) is 15.2 Å². The van der Waals surface area contributed by atoms with Crippen LogP contribution >= 0.6 is 0 Å². The number of aromatic nitrogens is 1. The van der Waals surface area contributed by atoms with E-state index >= 15 is 0 Å². The average molecular weight is 402 g/mol. The Bertz CT molecular complexity index is 783. The van der Waals surface area contributed by atoms with Crippen molar-refractivity contribution in [1.82, 2.24) is 20.1 Å². The maximum Gasteiger partial charge on any atom is 0.260 e. The topological polar surface area (TPSA) is 94.7 Å². The van der Waals surface area contributed by atoms with Crippen LogP contribution in [0.4, 0.5) is 0 Å². The zero-order chi connectivity index (χ0) is 20.2. The van der Waals surface area contributed by atoms with Crippen molar-refractivity contribution in [2.75, 3.05) is 45.9 Å². The van der Waals surface area contributed by atoms with Gasteiger partial charge in [0.15, 0.2) is 0 Å². The Hall–Kier alpha value is -2.19. The summed E-state index contributed by atoms with van der Waals surface area (Å²) in [5, 5.41) is 2.75. The van der Waals surface area contributed by atoms with Crippen molar-refractivity contribution < 1.29 is 14.3 Å². The molecule has 0 bridgehead atoms. The number of nitrogens with one attached hydrogen (secondary N) is 2. The molecular formula is C21H30N4O4. The number of amides is 2. The van der Waals surface area contributed by atoms with Gasteiger partial charge in [-0.15, -0.1) is 0 Å². The molecule has 1 aliphatic carbocycles. The van der Waals surface area contributed by atoms with E-state index in [1.165, 1.54) is 31.6 Å². The molecule has 0 radical (unpaired) electrons. The van der Waals surface area contributed by atoms with Crippen LogP contribution in [0.2, 0.25) is 0 Å². The highest BCUT2D eigenvalue weighted by Gasteiger charge is 2.31. The Morgan fingerprint density at radius 2 is 1.90 bits per heavy atom. The molecule has 3 heterocycles. The standard InChI is InChI=1S/C21H30N4O4/c26-19-14-29-17(10-23-21(28)18-2-1-7-22-20(18)27)13-25(19)12-16-5-8-24(9-6-16)11-15-3-4-15/h1-2,7,15-17H,3-6,8-14H2,(H,22,27)(H,23,28). The second kappa shape index (κ2) is 9.09. The number of H-pyrrole nitrogens is 1. The molecule has 2 aliphatic heterocycles. The minimum atomic E-state index is -0.429. The molecule has 158 valence electrons. The van der Waals surface area contributed by atoms with Crippen LogP contribution < -0.4 is 10.9 Å². The first-order chi connectivity index (χ1) is 14.1. The summed E-state index contributed by atoms with van der Waals surface area (Å²) in [5.41, 5.74) is -0.339. The van der Waals surface area contributed by atoms with Gasteiger partial charge in [-0.3, -0.25) is 14.4 Å². The van der Waals surface area contributed by atoms with Crippen LogP contribution in [0.25, 0.3) is 0 Å². The molecule has 1 aromatic heterocycles. The molecular weight excluding hydrogens is 372 g/mol. The Morgan fingerprint density at radius 1 is 1.14 bits per heavy atom. The molecule has 8 heteroatoms. The summed E-state index contributed by atoms with van der Waals surface area (Å²) in [4.78, 5) is 43.2. The van der Waals surface area contributed by atoms with E-state index in [0.717, 1.165) is 38.4 Å². The largest absolute Gasteiger partial charge is 0.365 e. The Balaban J connectivity index is 1.23. The van der Waals surface area contributed by atoms with Crippen molar-refractivity contribution in [3.8, 4) is 0 Å². The van der Waals surface area contributed by atoms with Crippen LogP contribution in [-0.2, 0) is 9.53 Å². The molecule has 3 fully saturated rings. The molecule has 2 amide bonds. The Morgan fingerprint density at radius 3 is 2.62 bits per heavy atom. The maximum atomic E-state index is 12.3. The van der Waals surface area contributed by atoms with Gasteiger partial charge in [0.05, 0.1) is 6.10 Å². The van der Waals surface area contributed by atoms with E-state index in [1.54, 1.807) is 6.07 Å². The molecule has 29 heavy (non-hydrogen) atoms. The van der Waals surface area contributed by atoms with E-state index in [0.29, 0.717) is 12.5 Å². The first-order valence-electron chi connectivity index (χ1n) is 10.7. The molecule has 1 aromatic rings. The molecule has 0 spiro atoms. The summed E-state index contributed by atoms with van der Waals surface area (Å²) in [6.45, 7) is 5.07. The second-order valence-corrected chi connectivity index (χ2v) is 8.54. The zero-order valence-electron chi connectivity index (χ0n) is 16.8. The van der Waals surface area contributed by atoms with Gasteiger partial charge < -0.3 is 24.8 Å². The fourth-order valence-electron chi connectivity index (χ4n) is 4.21. The van der Waals surface area contributed by atoms with E-state index in [-0.39, 0.29) is 30.7 Å². The van der Waals surface area contributed by atoms with Crippen LogP contribution in [-0.4, -0.2) is 78.6 Å². The van der Waals surface area contributed by atoms with Crippen LogP contribution in [0.3, 0.4) is 0 Å². The molecule has 8 nitrogen and oxygen atoms in total. The van der Waals surface area contributed by atoms with E-state index in [9.17, 15) is 14.4 Å². The first-order valence-corrected chi connectivity index (χ1v) is 10.7. The SMILES string of the molecule is O=C(NCC1CN(CC2CCN(CC3CC3)CC2)C(=O)CO1)c1ccc[nH]c1=O. The highest BCUT2D eigenvalue weighted by Crippen LogP contribution is 2.31. The Kier molecular flexibility index (Phi) is 6.30. The number of carbonyl (C=O) groups is 2. The lowest BCUT2D eigenvalue weighted by atomic mass is 9.95. The van der Waals surface area contributed by atoms with Gasteiger partial charge >= 0.3 is 0 Å². The second-order valence-electron chi connectivity index (χ2n) is 8.54. The lowest BCUT2D eigenvalue weighted by molar-refractivity contribution is -0.149. The van der Waals surface area contributed by atoms with Crippen molar-refractivity contribution >= 4 is 11.8 Å². The quantitative estimate of drug-likeness (QED) is 0.691. The normalized spacial score (nSPS) is 23.9. The third kappa shape index (κ3) is 5.45. The molecule has 2 N–H and O–H groups in total. The van der Waals surface area contributed by atoms with Gasteiger partial charge in [0.2, 0.25) is 5.91 Å². The Labute approximate surface area is 170 Å². The fraction of sp³-hybridized carbons (Fsp3) is 0.667. The lowest BCUT2D eigenvalue weighted by Crippen LogP contribution is -2.52. The van der Waals surface area contributed by atoms with Gasteiger partial charge in [-0.25, -0.2) is 0 Å². The van der Waals surface area contributed by atoms with Gasteiger partial charge in [0.1, 0.15) is 12.2 Å². The smallest absolute Gasteiger partial charge is 0.260 e. The minimum absolute atomic E-state index is 0.0208. The third-order valence-electron chi connectivity index (χ3n) is 6.17. The number of aromatic amines is 1. The predicted molar refractivity (Wildman–Crippen MR) is 108 cm³/mol. The molecule has 1 saturated carbocycles. The number of hydrogen-bond donors (Lipinski definition) is 2. The number of nitrogens with zero attached hydrogens (tertiary/aromatic N) is 2. The number of ether oxygens (including phenoxy) is 1. The van der Waals surface area contributed by atoms with Crippen molar-refractivity contribution in [2.45, 2.75) is 31.8 Å². The number of likely N-dealkylation sites (tertiary alicyclic amines) is 1. The molecule has 1 unspecified atom stereocenters. The van der Waals surface area contributed by atoms with Gasteiger partial charge in [-0.1, -0.05) is 0 Å². The average Bonchev–Trinajstić information content (AvgIpc) is 3.54. The zero-order valence-corrected chi connectivity index (χ0v) is 16.8. The maximum absolute atomic E-state index is 12.3. The summed E-state index contributed by atoms with van der Waals surface area (Å²) < 4.78 is 5.59. The number of pyridine rings is 1. The van der Waals surface area contributed by atoms with Crippen molar-refractivity contribution in [3.63, 3.8) is 0 Å². The molecule has 3 aliphatic rings. The van der Waals surface area contributed by atoms with Gasteiger partial charge in [0, 0.05) is 32.4 Å². The molecule has 0 aromatic carbocycles. The third-order valence-corrected chi connectivity index (χ3v) is 6.17. The monoisotopic (exact) mass is 402 g/mol. The lowest BCUT2D eigenvalue weighted by Gasteiger charge is -2.38. The molecule has 1 atom stereocenters. The number of rotatable bonds is 7. The minimum Gasteiger partial charge on any atom is -0.365 e. The summed E-state index contributed by atoms with van der Waals surface area (Å²) in [5.74, 6) is 1.05. The number of carbonyl (C=O) groups excluding carboxylic acids is 2. The van der Waals surface area contributed by atoms with Crippen LogP contribution in [0, 0.1) is 11.8 Å². The van der Waals surface area contributed by atoms with Crippen LogP contribution in [0.15, 0.2) is 23.1 Å². The summed E-state index contributed by atoms with van der Waals surface area (Å²) in [6, 6.07) is 3.10. The van der Waals surface area contributed by atoms with Crippen molar-refractivity contribution in [2.24, 2.45) is 11.8 Å². The van der Waals surface area contributed by atoms with Crippen molar-refractivity contribution in [3.05, 3.63) is 34.2 Å². The van der Waals surface area contributed by atoms with E-state index < -0.39 is 11.5 Å². The van der Waals surface area contributed by atoms with Gasteiger partial charge in [-0.05, 0) is 62.7 Å². The number of morpholine rings is 1. The van der Waals surface area contributed by atoms with Gasteiger partial charge in [-0.2, -0.15) is 0 Å². The number of piperidine rings is 1. The highest BCUT2D eigenvalue weighted by molar-refractivity contribution is 5.93. The van der Waals surface area contributed by atoms with Crippen LogP contribution in [0.1, 0.15) is 36.0 Å². The fourth-order valence-corrected chi connectivity index (χ4v) is 4.21. The first kappa shape index (κ1) is 20.1. The van der Waals surface area contributed by atoms with Gasteiger partial charge in [0.25, 0.3) is 11.5 Å². The van der Waals surface area contributed by atoms with Crippen LogP contribution in [0.5, 0.6) is 0 Å². The predicted octanol–water partition coefficient (Wildman–Crippen LogP) is 0.454. The summed E-state index contributed by atoms with van der Waals surface area (Å²) in [7, 11) is 0. The summed E-state index contributed by atoms with van der Waals surface area (Å²) in [6.07, 6.45) is 6.28. The van der Waals surface area contributed by atoms with E-state index in [1.807, 2.05) is 4.90 Å². The van der Waals surface area contributed by atoms with Crippen molar-refractivity contribution in [1.29, 1.82) is 0 Å². The molecule has 2 saturated heterocycles. The van der Waals surface area contributed by atoms with E-state index in [4.69, 9.17) is 4.74 Å². The highest BCUT2D eigenvalue weighted by atomic mass is 16.5. The summed E-state index contributed by atoms with van der Waals surface area (Å²) >= 11 is 0. The number of hydrogen-bond acceptors (Lipinski definition) is 5.